The van der Waals surface area contributed by atoms with Crippen LogP contribution in [0.2, 0.25) is 0 Å². The largest absolute Gasteiger partial charge is 0.452 e. The molecule has 39 heavy (non-hydrogen) atoms. The highest BCUT2D eigenvalue weighted by Gasteiger charge is 2.18. The monoisotopic (exact) mass is 533 g/mol. The Hall–Kier alpha value is -5.13. The zero-order valence-corrected chi connectivity index (χ0v) is 21.3. The number of hydrogen-bond donors (Lipinski definition) is 4. The number of carbonyl (C=O) groups is 1. The molecule has 0 aliphatic rings. The van der Waals surface area contributed by atoms with Crippen molar-refractivity contribution >= 4 is 34.4 Å². The summed E-state index contributed by atoms with van der Waals surface area (Å²) in [6, 6.07) is 10.9. The Morgan fingerprint density at radius 2 is 1.82 bits per heavy atom. The Bertz CT molecular complexity index is 1650. The van der Waals surface area contributed by atoms with Crippen LogP contribution in [0.5, 0.6) is 11.5 Å². The fourth-order valence-corrected chi connectivity index (χ4v) is 3.20. The molecular formula is C27H25F2N7O3. The van der Waals surface area contributed by atoms with Crippen LogP contribution in [0.25, 0.3) is 11.2 Å². The number of aromatic nitrogens is 3. The van der Waals surface area contributed by atoms with E-state index in [1.54, 1.807) is 24.3 Å². The Kier molecular flexibility index (Phi) is 7.65. The van der Waals surface area contributed by atoms with Gasteiger partial charge in [0.25, 0.3) is 5.56 Å². The van der Waals surface area contributed by atoms with Gasteiger partial charge in [0, 0.05) is 41.6 Å². The third-order valence-corrected chi connectivity index (χ3v) is 5.34. The van der Waals surface area contributed by atoms with Crippen LogP contribution in [0, 0.1) is 17.0 Å². The molecule has 4 aromatic rings. The number of anilines is 1. The Morgan fingerprint density at radius 3 is 2.54 bits per heavy atom. The van der Waals surface area contributed by atoms with Gasteiger partial charge in [0.2, 0.25) is 0 Å². The van der Waals surface area contributed by atoms with E-state index in [2.05, 4.69) is 30.6 Å². The van der Waals surface area contributed by atoms with Crippen LogP contribution in [-0.2, 0) is 0 Å². The number of aromatic amines is 1. The first-order valence-corrected chi connectivity index (χ1v) is 11.7. The summed E-state index contributed by atoms with van der Waals surface area (Å²) in [6.45, 7) is 5.68. The first-order valence-electron chi connectivity index (χ1n) is 11.7. The van der Waals surface area contributed by atoms with Crippen molar-refractivity contribution in [3.05, 3.63) is 94.7 Å². The third kappa shape index (κ3) is 6.80. The van der Waals surface area contributed by atoms with E-state index in [0.29, 0.717) is 11.4 Å². The number of nitrogens with zero attached hydrogens (tertiary/aromatic N) is 3. The molecule has 0 saturated carbocycles. The molecule has 0 aliphatic carbocycles. The summed E-state index contributed by atoms with van der Waals surface area (Å²) >= 11 is 0. The number of pyridine rings is 1. The highest BCUT2D eigenvalue weighted by molar-refractivity contribution is 6.08. The van der Waals surface area contributed by atoms with E-state index >= 15 is 0 Å². The van der Waals surface area contributed by atoms with Crippen molar-refractivity contribution in [1.29, 1.82) is 0 Å². The number of aliphatic imine (C=N–C) groups is 1. The van der Waals surface area contributed by atoms with Crippen molar-refractivity contribution < 1.29 is 18.3 Å². The van der Waals surface area contributed by atoms with Crippen LogP contribution in [0.15, 0.2) is 82.5 Å². The lowest BCUT2D eigenvalue weighted by Crippen LogP contribution is -2.34. The van der Waals surface area contributed by atoms with Gasteiger partial charge < -0.3 is 20.8 Å². The lowest BCUT2D eigenvalue weighted by Gasteiger charge is -2.19. The van der Waals surface area contributed by atoms with Crippen molar-refractivity contribution in [1.82, 2.24) is 20.3 Å². The quantitative estimate of drug-likeness (QED) is 0.207. The highest BCUT2D eigenvalue weighted by atomic mass is 19.1. The molecule has 5 N–H and O–H groups in total. The summed E-state index contributed by atoms with van der Waals surface area (Å²) in [5, 5.41) is 4.79. The molecule has 0 bridgehead atoms. The van der Waals surface area contributed by atoms with Gasteiger partial charge in [-0.3, -0.25) is 10.1 Å². The third-order valence-electron chi connectivity index (χ3n) is 5.34. The van der Waals surface area contributed by atoms with E-state index in [1.165, 1.54) is 18.3 Å². The first-order chi connectivity index (χ1) is 18.5. The number of amides is 2. The second kappa shape index (κ2) is 11.1. The maximum Gasteiger partial charge on any atom is 0.324 e. The average molecular weight is 534 g/mol. The van der Waals surface area contributed by atoms with E-state index in [4.69, 9.17) is 10.5 Å². The predicted octanol–water partition coefficient (Wildman–Crippen LogP) is 5.13. The fourth-order valence-electron chi connectivity index (χ4n) is 3.20. The second-order valence-corrected chi connectivity index (χ2v) is 9.38. The van der Waals surface area contributed by atoms with Crippen molar-refractivity contribution in [2.75, 3.05) is 5.32 Å². The van der Waals surface area contributed by atoms with Crippen LogP contribution < -0.4 is 26.7 Å². The summed E-state index contributed by atoms with van der Waals surface area (Å²) < 4.78 is 35.3. The number of benzene rings is 2. The number of rotatable bonds is 5. The van der Waals surface area contributed by atoms with E-state index in [1.807, 2.05) is 26.8 Å². The molecule has 0 saturated heterocycles. The molecule has 0 atom stereocenters. The molecule has 0 spiro atoms. The van der Waals surface area contributed by atoms with E-state index in [0.717, 1.165) is 18.3 Å². The van der Waals surface area contributed by atoms with E-state index in [9.17, 15) is 18.4 Å². The van der Waals surface area contributed by atoms with Gasteiger partial charge in [-0.2, -0.15) is 0 Å². The maximum atomic E-state index is 14.9. The standard InChI is InChI=1S/C27H25F2N7O3/c1-27(2,3)21(30)13-22(33-15-7-5-4-6-8-15)35-26(38)34-18-11-17(29)20(12-16(18)28)39-19-9-10-31-25-24(19)32-14-23(37)36-25/h4-14H,30H2,1-3H3,(H,31,36,37)(H2,33,34,35,38)/b21-13-. The molecule has 2 amide bonds. The van der Waals surface area contributed by atoms with E-state index in [-0.39, 0.29) is 22.7 Å². The molecule has 12 heteroatoms. The summed E-state index contributed by atoms with van der Waals surface area (Å²) in [5.41, 5.74) is 6.08. The lowest BCUT2D eigenvalue weighted by atomic mass is 9.92. The molecule has 2 aromatic heterocycles. The molecule has 4 rings (SSSR count). The van der Waals surface area contributed by atoms with Crippen LogP contribution in [-0.4, -0.2) is 26.8 Å². The zero-order chi connectivity index (χ0) is 28.2. The lowest BCUT2D eigenvalue weighted by molar-refractivity contribution is 0.256. The summed E-state index contributed by atoms with van der Waals surface area (Å²) in [4.78, 5) is 39.0. The normalized spacial score (nSPS) is 12.3. The smallest absolute Gasteiger partial charge is 0.324 e. The Morgan fingerprint density at radius 1 is 1.08 bits per heavy atom. The van der Waals surface area contributed by atoms with Crippen LogP contribution in [0.3, 0.4) is 0 Å². The average Bonchev–Trinajstić information content (AvgIpc) is 2.87. The molecule has 2 aromatic carbocycles. The zero-order valence-electron chi connectivity index (χ0n) is 21.3. The number of hydrogen-bond acceptors (Lipinski definition) is 7. The van der Waals surface area contributed by atoms with Crippen LogP contribution in [0.1, 0.15) is 20.8 Å². The molecular weight excluding hydrogens is 508 g/mol. The second-order valence-electron chi connectivity index (χ2n) is 9.38. The first kappa shape index (κ1) is 26.9. The highest BCUT2D eigenvalue weighted by Crippen LogP contribution is 2.31. The number of ether oxygens (including phenoxy) is 1. The number of para-hydroxylation sites is 1. The minimum Gasteiger partial charge on any atom is -0.452 e. The molecule has 0 radical (unpaired) electrons. The number of carbonyl (C=O) groups excluding carboxylic acids is 1. The van der Waals surface area contributed by atoms with Gasteiger partial charge in [-0.05, 0) is 12.1 Å². The molecule has 2 heterocycles. The SMILES string of the molecule is CC(C)(C)/C(N)=C/C(=Nc1ccccc1)NC(=O)Nc1cc(F)c(Oc2ccnc3[nH]c(=O)cnc23)cc1F. The molecule has 200 valence electrons. The van der Waals surface area contributed by atoms with Crippen LogP contribution in [0.4, 0.5) is 25.0 Å². The van der Waals surface area contributed by atoms with Gasteiger partial charge in [-0.15, -0.1) is 0 Å². The maximum absolute atomic E-state index is 14.9. The number of nitrogens with two attached hydrogens (primary N) is 1. The number of allylic oxidation sites excluding steroid dienone is 1. The van der Waals surface area contributed by atoms with E-state index < -0.39 is 40.1 Å². The van der Waals surface area contributed by atoms with Crippen molar-refractivity contribution in [3.63, 3.8) is 0 Å². The fraction of sp³-hybridized carbons (Fsp3) is 0.148. The van der Waals surface area contributed by atoms with Crippen molar-refractivity contribution in [3.8, 4) is 11.5 Å². The minimum atomic E-state index is -0.965. The molecule has 0 fully saturated rings. The number of H-pyrrole nitrogens is 1. The number of amidine groups is 1. The number of nitrogens with one attached hydrogen (secondary N) is 3. The van der Waals surface area contributed by atoms with Gasteiger partial charge in [-0.25, -0.2) is 28.5 Å². The van der Waals surface area contributed by atoms with Gasteiger partial charge >= 0.3 is 6.03 Å². The Balaban J connectivity index is 1.56. The Labute approximate surface area is 221 Å². The molecule has 0 aliphatic heterocycles. The summed E-state index contributed by atoms with van der Waals surface area (Å²) in [6.07, 6.45) is 3.83. The summed E-state index contributed by atoms with van der Waals surface area (Å²) in [7, 11) is 0. The van der Waals surface area contributed by atoms with Crippen molar-refractivity contribution in [2.24, 2.45) is 16.1 Å². The summed E-state index contributed by atoms with van der Waals surface area (Å²) in [5.74, 6) is -2.25. The predicted molar refractivity (Wildman–Crippen MR) is 144 cm³/mol. The topological polar surface area (TPSA) is 147 Å². The van der Waals surface area contributed by atoms with Crippen molar-refractivity contribution in [2.45, 2.75) is 20.8 Å². The number of fused-ring (bicyclic) bond motifs is 1. The molecule has 10 nitrogen and oxygen atoms in total. The van der Waals surface area contributed by atoms with Gasteiger partial charge in [0.05, 0.1) is 17.6 Å². The number of halogens is 2. The van der Waals surface area contributed by atoms with Gasteiger partial charge in [-0.1, -0.05) is 39.0 Å². The minimum absolute atomic E-state index is 0.0398. The number of urea groups is 1. The molecule has 0 unspecified atom stereocenters. The van der Waals surface area contributed by atoms with Gasteiger partial charge in [0.15, 0.2) is 28.8 Å². The van der Waals surface area contributed by atoms with Crippen LogP contribution >= 0.6 is 0 Å². The van der Waals surface area contributed by atoms with Gasteiger partial charge in [0.1, 0.15) is 11.4 Å².